The molecule has 1 saturated heterocycles. The molecule has 7 heteroatoms. The van der Waals surface area contributed by atoms with Gasteiger partial charge in [-0.1, -0.05) is 0 Å². The number of carbonyl (C=O) groups is 1. The van der Waals surface area contributed by atoms with E-state index < -0.39 is 0 Å². The van der Waals surface area contributed by atoms with E-state index in [4.69, 9.17) is 9.72 Å². The molecule has 3 heterocycles. The lowest BCUT2D eigenvalue weighted by atomic mass is 10.0. The lowest BCUT2D eigenvalue weighted by Gasteiger charge is -2.29. The molecular weight excluding hydrogens is 404 g/mol. The SMILES string of the molecule is CCOc1ccc(-c2cc(C(=O)NCCCN3CCC(O)CC3)c3cnccc3n2)cc1. The van der Waals surface area contributed by atoms with Gasteiger partial charge in [0, 0.05) is 43.0 Å². The van der Waals surface area contributed by atoms with E-state index in [2.05, 4.69) is 15.2 Å². The quantitative estimate of drug-likeness (QED) is 0.529. The Labute approximate surface area is 188 Å². The number of hydrogen-bond donors (Lipinski definition) is 2. The van der Waals surface area contributed by atoms with E-state index >= 15 is 0 Å². The number of aliphatic hydroxyl groups excluding tert-OH is 1. The Hall–Kier alpha value is -3.03. The Kier molecular flexibility index (Phi) is 7.29. The van der Waals surface area contributed by atoms with Crippen LogP contribution in [-0.2, 0) is 0 Å². The minimum Gasteiger partial charge on any atom is -0.494 e. The number of nitrogens with one attached hydrogen (secondary N) is 1. The molecular formula is C25H30N4O3. The summed E-state index contributed by atoms with van der Waals surface area (Å²) in [5, 5.41) is 13.4. The summed E-state index contributed by atoms with van der Waals surface area (Å²) < 4.78 is 5.52. The van der Waals surface area contributed by atoms with Gasteiger partial charge >= 0.3 is 0 Å². The van der Waals surface area contributed by atoms with Crippen molar-refractivity contribution < 1.29 is 14.6 Å². The van der Waals surface area contributed by atoms with Crippen molar-refractivity contribution >= 4 is 16.8 Å². The normalized spacial score (nSPS) is 15.1. The second kappa shape index (κ2) is 10.5. The minimum atomic E-state index is -0.163. The Morgan fingerprint density at radius 2 is 2.00 bits per heavy atom. The van der Waals surface area contributed by atoms with Crippen molar-refractivity contribution in [2.75, 3.05) is 32.8 Å². The number of piperidine rings is 1. The van der Waals surface area contributed by atoms with Gasteiger partial charge in [0.2, 0.25) is 0 Å². The van der Waals surface area contributed by atoms with Crippen molar-refractivity contribution in [3.63, 3.8) is 0 Å². The number of aromatic nitrogens is 2. The van der Waals surface area contributed by atoms with Gasteiger partial charge in [0.25, 0.3) is 5.91 Å². The standard InChI is InChI=1S/C25H30N4O3/c1-2-32-20-6-4-18(5-7-20)24-16-21(22-17-26-12-8-23(22)28-24)25(31)27-11-3-13-29-14-9-19(30)10-15-29/h4-8,12,16-17,19,30H,2-3,9-11,13-15H2,1H3,(H,27,31). The molecule has 1 aromatic carbocycles. The first-order valence-corrected chi connectivity index (χ1v) is 11.3. The fourth-order valence-electron chi connectivity index (χ4n) is 4.04. The van der Waals surface area contributed by atoms with E-state index in [1.165, 1.54) is 0 Å². The number of rotatable bonds is 8. The van der Waals surface area contributed by atoms with E-state index in [1.54, 1.807) is 12.4 Å². The first-order chi connectivity index (χ1) is 15.6. The number of aliphatic hydroxyl groups is 1. The van der Waals surface area contributed by atoms with Gasteiger partial charge in [-0.25, -0.2) is 4.98 Å². The topological polar surface area (TPSA) is 87.6 Å². The molecule has 168 valence electrons. The molecule has 2 aromatic heterocycles. The highest BCUT2D eigenvalue weighted by molar-refractivity contribution is 6.06. The van der Waals surface area contributed by atoms with Crippen LogP contribution in [0.25, 0.3) is 22.2 Å². The molecule has 32 heavy (non-hydrogen) atoms. The fraction of sp³-hybridized carbons (Fsp3) is 0.400. The largest absolute Gasteiger partial charge is 0.494 e. The van der Waals surface area contributed by atoms with E-state index in [-0.39, 0.29) is 12.0 Å². The Morgan fingerprint density at radius 3 is 2.75 bits per heavy atom. The van der Waals surface area contributed by atoms with E-state index in [0.717, 1.165) is 66.8 Å². The van der Waals surface area contributed by atoms with Gasteiger partial charge in [0.15, 0.2) is 0 Å². The van der Waals surface area contributed by atoms with Crippen LogP contribution in [-0.4, -0.2) is 64.8 Å². The van der Waals surface area contributed by atoms with Gasteiger partial charge in [0.05, 0.1) is 29.5 Å². The van der Waals surface area contributed by atoms with Crippen LogP contribution in [0.2, 0.25) is 0 Å². The van der Waals surface area contributed by atoms with Gasteiger partial charge < -0.3 is 20.1 Å². The van der Waals surface area contributed by atoms with Crippen LogP contribution in [0.15, 0.2) is 48.8 Å². The molecule has 2 N–H and O–H groups in total. The number of fused-ring (bicyclic) bond motifs is 1. The van der Waals surface area contributed by atoms with Crippen LogP contribution < -0.4 is 10.1 Å². The maximum atomic E-state index is 13.0. The molecule has 0 radical (unpaired) electrons. The van der Waals surface area contributed by atoms with Gasteiger partial charge in [-0.3, -0.25) is 9.78 Å². The average molecular weight is 435 g/mol. The van der Waals surface area contributed by atoms with Crippen molar-refractivity contribution in [1.29, 1.82) is 0 Å². The van der Waals surface area contributed by atoms with Crippen LogP contribution in [0.4, 0.5) is 0 Å². The third-order valence-electron chi connectivity index (χ3n) is 5.81. The summed E-state index contributed by atoms with van der Waals surface area (Å²) in [6.45, 7) is 5.92. The first-order valence-electron chi connectivity index (χ1n) is 11.3. The summed E-state index contributed by atoms with van der Waals surface area (Å²) >= 11 is 0. The number of pyridine rings is 2. The van der Waals surface area contributed by atoms with E-state index in [0.29, 0.717) is 18.7 Å². The van der Waals surface area contributed by atoms with Gasteiger partial charge in [-0.2, -0.15) is 0 Å². The predicted octanol–water partition coefficient (Wildman–Crippen LogP) is 3.27. The number of hydrogen-bond acceptors (Lipinski definition) is 6. The smallest absolute Gasteiger partial charge is 0.252 e. The predicted molar refractivity (Wildman–Crippen MR) is 125 cm³/mol. The highest BCUT2D eigenvalue weighted by atomic mass is 16.5. The number of nitrogens with zero attached hydrogens (tertiary/aromatic N) is 3. The first kappa shape index (κ1) is 22.2. The molecule has 7 nitrogen and oxygen atoms in total. The lowest BCUT2D eigenvalue weighted by Crippen LogP contribution is -2.37. The van der Waals surface area contributed by atoms with Crippen LogP contribution in [0.5, 0.6) is 5.75 Å². The van der Waals surface area contributed by atoms with Crippen molar-refractivity contribution in [2.24, 2.45) is 0 Å². The lowest BCUT2D eigenvalue weighted by molar-refractivity contribution is 0.0816. The summed E-state index contributed by atoms with van der Waals surface area (Å²) in [6.07, 6.45) is 5.75. The highest BCUT2D eigenvalue weighted by Crippen LogP contribution is 2.26. The molecule has 0 unspecified atom stereocenters. The van der Waals surface area contributed by atoms with E-state index in [1.807, 2.05) is 43.3 Å². The zero-order chi connectivity index (χ0) is 22.3. The third kappa shape index (κ3) is 5.41. The van der Waals surface area contributed by atoms with Crippen molar-refractivity contribution in [1.82, 2.24) is 20.2 Å². The molecule has 1 aliphatic rings. The molecule has 0 saturated carbocycles. The molecule has 1 amide bonds. The summed E-state index contributed by atoms with van der Waals surface area (Å²) in [4.78, 5) is 24.3. The Balaban J connectivity index is 1.46. The van der Waals surface area contributed by atoms with Crippen LogP contribution in [0.1, 0.15) is 36.5 Å². The Morgan fingerprint density at radius 1 is 1.22 bits per heavy atom. The van der Waals surface area contributed by atoms with E-state index in [9.17, 15) is 9.90 Å². The van der Waals surface area contributed by atoms with Crippen molar-refractivity contribution in [2.45, 2.75) is 32.3 Å². The maximum Gasteiger partial charge on any atom is 0.252 e. The molecule has 0 atom stereocenters. The van der Waals surface area contributed by atoms with Gasteiger partial charge in [0.1, 0.15) is 5.75 Å². The molecule has 4 rings (SSSR count). The summed E-state index contributed by atoms with van der Waals surface area (Å²) in [5.74, 6) is 0.689. The minimum absolute atomic E-state index is 0.119. The van der Waals surface area contributed by atoms with Crippen LogP contribution in [0.3, 0.4) is 0 Å². The number of amides is 1. The second-order valence-corrected chi connectivity index (χ2v) is 8.09. The number of likely N-dealkylation sites (tertiary alicyclic amines) is 1. The number of benzene rings is 1. The fourth-order valence-corrected chi connectivity index (χ4v) is 4.04. The van der Waals surface area contributed by atoms with Crippen molar-refractivity contribution in [3.8, 4) is 17.0 Å². The molecule has 0 spiro atoms. The van der Waals surface area contributed by atoms with Crippen LogP contribution >= 0.6 is 0 Å². The summed E-state index contributed by atoms with van der Waals surface area (Å²) in [5.41, 5.74) is 2.98. The zero-order valence-electron chi connectivity index (χ0n) is 18.5. The molecule has 1 fully saturated rings. The molecule has 3 aromatic rings. The zero-order valence-corrected chi connectivity index (χ0v) is 18.5. The molecule has 0 bridgehead atoms. The van der Waals surface area contributed by atoms with Gasteiger partial charge in [-0.05, 0) is 69.1 Å². The third-order valence-corrected chi connectivity index (χ3v) is 5.81. The molecule has 1 aliphatic heterocycles. The number of carbonyl (C=O) groups excluding carboxylic acids is 1. The van der Waals surface area contributed by atoms with Gasteiger partial charge in [-0.15, -0.1) is 0 Å². The van der Waals surface area contributed by atoms with Crippen LogP contribution in [0, 0.1) is 0 Å². The maximum absolute atomic E-state index is 13.0. The highest BCUT2D eigenvalue weighted by Gasteiger charge is 2.17. The van der Waals surface area contributed by atoms with Crippen molar-refractivity contribution in [3.05, 3.63) is 54.4 Å². The monoisotopic (exact) mass is 434 g/mol. The summed E-state index contributed by atoms with van der Waals surface area (Å²) in [6, 6.07) is 11.4. The molecule has 0 aliphatic carbocycles. The second-order valence-electron chi connectivity index (χ2n) is 8.09. The Bertz CT molecular complexity index is 1050. The average Bonchev–Trinajstić information content (AvgIpc) is 2.83. The number of ether oxygens (including phenoxy) is 1. The summed E-state index contributed by atoms with van der Waals surface area (Å²) in [7, 11) is 0.